The van der Waals surface area contributed by atoms with Crippen LogP contribution >= 0.6 is 0 Å². The van der Waals surface area contributed by atoms with E-state index in [1.54, 1.807) is 35.8 Å². The van der Waals surface area contributed by atoms with Crippen molar-refractivity contribution in [2.45, 2.75) is 19.6 Å². The van der Waals surface area contributed by atoms with Gasteiger partial charge in [-0.25, -0.2) is 4.39 Å². The average Bonchev–Trinajstić information content (AvgIpc) is 2.64. The molecular formula is C18H15F4N3O3. The van der Waals surface area contributed by atoms with Gasteiger partial charge in [-0.3, -0.25) is 25.2 Å². The predicted octanol–water partition coefficient (Wildman–Crippen LogP) is 2.70. The summed E-state index contributed by atoms with van der Waals surface area (Å²) in [5.74, 6) is -4.66. The van der Waals surface area contributed by atoms with E-state index in [0.29, 0.717) is 5.69 Å². The fourth-order valence-electron chi connectivity index (χ4n) is 2.24. The van der Waals surface area contributed by atoms with E-state index in [1.807, 2.05) is 0 Å². The van der Waals surface area contributed by atoms with Crippen LogP contribution in [0.25, 0.3) is 0 Å². The number of amides is 3. The van der Waals surface area contributed by atoms with Gasteiger partial charge in [-0.2, -0.15) is 13.2 Å². The largest absolute Gasteiger partial charge is 0.472 e. The normalized spacial score (nSPS) is 10.9. The second-order valence-corrected chi connectivity index (χ2v) is 5.65. The summed E-state index contributed by atoms with van der Waals surface area (Å²) < 4.78 is 50.6. The van der Waals surface area contributed by atoms with Crippen LogP contribution in [0.15, 0.2) is 48.5 Å². The lowest BCUT2D eigenvalue weighted by Gasteiger charge is -2.21. The summed E-state index contributed by atoms with van der Waals surface area (Å²) in [7, 11) is 0. The first-order chi connectivity index (χ1) is 13.1. The van der Waals surface area contributed by atoms with Crippen LogP contribution in [0.1, 0.15) is 22.8 Å². The number of carbonyl (C=O) groups excluding carboxylic acids is 3. The number of hydrogen-bond donors (Lipinski definition) is 2. The van der Waals surface area contributed by atoms with Crippen molar-refractivity contribution >= 4 is 23.4 Å². The van der Waals surface area contributed by atoms with E-state index in [4.69, 9.17) is 0 Å². The van der Waals surface area contributed by atoms with Crippen molar-refractivity contribution in [1.29, 1.82) is 0 Å². The molecule has 0 aliphatic carbocycles. The third-order valence-electron chi connectivity index (χ3n) is 3.64. The van der Waals surface area contributed by atoms with Crippen LogP contribution in [0, 0.1) is 5.82 Å². The molecular weight excluding hydrogens is 382 g/mol. The van der Waals surface area contributed by atoms with Crippen LogP contribution in [0.4, 0.5) is 23.2 Å². The Morgan fingerprint density at radius 1 is 1.00 bits per heavy atom. The molecule has 28 heavy (non-hydrogen) atoms. The Labute approximate surface area is 157 Å². The Hall–Kier alpha value is -3.43. The van der Waals surface area contributed by atoms with Gasteiger partial charge in [-0.1, -0.05) is 24.3 Å². The molecule has 2 aromatic rings. The molecule has 0 aliphatic rings. The second kappa shape index (κ2) is 8.51. The van der Waals surface area contributed by atoms with E-state index in [1.165, 1.54) is 23.3 Å². The molecule has 0 saturated heterocycles. The third-order valence-corrected chi connectivity index (χ3v) is 3.64. The SMILES string of the molecule is CC(=O)N(Cc1ccc(C(=O)NNC(=O)C(F)(F)F)cc1F)c1ccccc1. The molecule has 0 unspecified atom stereocenters. The number of nitrogens with zero attached hydrogens (tertiary/aromatic N) is 1. The minimum Gasteiger partial charge on any atom is -0.308 e. The smallest absolute Gasteiger partial charge is 0.308 e. The number of para-hydroxylation sites is 1. The Bertz CT molecular complexity index is 885. The minimum absolute atomic E-state index is 0.0925. The Balaban J connectivity index is 2.12. The molecule has 2 rings (SSSR count). The highest BCUT2D eigenvalue weighted by Crippen LogP contribution is 2.19. The summed E-state index contributed by atoms with van der Waals surface area (Å²) in [5, 5.41) is 0. The van der Waals surface area contributed by atoms with Crippen LogP contribution in [-0.2, 0) is 16.1 Å². The van der Waals surface area contributed by atoms with Gasteiger partial charge in [0, 0.05) is 23.7 Å². The molecule has 0 bridgehead atoms. The molecule has 0 aliphatic heterocycles. The Morgan fingerprint density at radius 2 is 1.64 bits per heavy atom. The number of benzene rings is 2. The van der Waals surface area contributed by atoms with Gasteiger partial charge in [0.2, 0.25) is 5.91 Å². The highest BCUT2D eigenvalue weighted by atomic mass is 19.4. The predicted molar refractivity (Wildman–Crippen MR) is 91.4 cm³/mol. The number of carbonyl (C=O) groups is 3. The topological polar surface area (TPSA) is 78.5 Å². The molecule has 2 aromatic carbocycles. The molecule has 6 nitrogen and oxygen atoms in total. The number of anilines is 1. The lowest BCUT2D eigenvalue weighted by molar-refractivity contribution is -0.174. The van der Waals surface area contributed by atoms with Crippen molar-refractivity contribution in [3.63, 3.8) is 0 Å². The van der Waals surface area contributed by atoms with Gasteiger partial charge in [0.15, 0.2) is 0 Å². The van der Waals surface area contributed by atoms with E-state index >= 15 is 0 Å². The van der Waals surface area contributed by atoms with E-state index in [0.717, 1.165) is 12.1 Å². The molecule has 0 saturated carbocycles. The lowest BCUT2D eigenvalue weighted by atomic mass is 10.1. The summed E-state index contributed by atoms with van der Waals surface area (Å²) in [6.07, 6.45) is -5.17. The van der Waals surface area contributed by atoms with Crippen LogP contribution in [0.5, 0.6) is 0 Å². The first-order valence-corrected chi connectivity index (χ1v) is 7.88. The van der Waals surface area contributed by atoms with Crippen LogP contribution in [0.2, 0.25) is 0 Å². The molecule has 0 atom stereocenters. The summed E-state index contributed by atoms with van der Waals surface area (Å²) in [6, 6.07) is 11.7. The molecule has 0 heterocycles. The molecule has 0 aromatic heterocycles. The number of hydrazine groups is 1. The van der Waals surface area contributed by atoms with Gasteiger partial charge in [0.05, 0.1) is 6.54 Å². The van der Waals surface area contributed by atoms with Crippen molar-refractivity contribution in [1.82, 2.24) is 10.9 Å². The lowest BCUT2D eigenvalue weighted by Crippen LogP contribution is -2.47. The van der Waals surface area contributed by atoms with Crippen molar-refractivity contribution < 1.29 is 31.9 Å². The summed E-state index contributed by atoms with van der Waals surface area (Å²) >= 11 is 0. The maximum atomic E-state index is 14.4. The molecule has 0 fully saturated rings. The quantitative estimate of drug-likeness (QED) is 0.615. The standard InChI is InChI=1S/C18H15F4N3O3/c1-11(26)25(14-5-3-2-4-6-14)10-13-8-7-12(9-15(13)19)16(27)23-24-17(28)18(20,21)22/h2-9H,10H2,1H3,(H,23,27)(H,24,28). The van der Waals surface area contributed by atoms with Crippen LogP contribution in [0.3, 0.4) is 0 Å². The van der Waals surface area contributed by atoms with Crippen molar-refractivity contribution in [2.75, 3.05) is 4.90 Å². The van der Waals surface area contributed by atoms with E-state index < -0.39 is 23.8 Å². The summed E-state index contributed by atoms with van der Waals surface area (Å²) in [4.78, 5) is 35.6. The van der Waals surface area contributed by atoms with Crippen LogP contribution in [-0.4, -0.2) is 23.9 Å². The zero-order chi connectivity index (χ0) is 20.9. The fourth-order valence-corrected chi connectivity index (χ4v) is 2.24. The average molecular weight is 397 g/mol. The maximum absolute atomic E-state index is 14.4. The highest BCUT2D eigenvalue weighted by molar-refractivity contribution is 5.96. The number of halogens is 4. The number of rotatable bonds is 4. The van der Waals surface area contributed by atoms with Crippen LogP contribution < -0.4 is 15.8 Å². The monoisotopic (exact) mass is 397 g/mol. The van der Waals surface area contributed by atoms with Gasteiger partial charge in [0.1, 0.15) is 5.82 Å². The first-order valence-electron chi connectivity index (χ1n) is 7.88. The maximum Gasteiger partial charge on any atom is 0.472 e. The second-order valence-electron chi connectivity index (χ2n) is 5.65. The molecule has 2 N–H and O–H groups in total. The molecule has 3 amide bonds. The van der Waals surface area contributed by atoms with Gasteiger partial charge in [0.25, 0.3) is 5.91 Å². The van der Waals surface area contributed by atoms with E-state index in [-0.39, 0.29) is 23.6 Å². The molecule has 148 valence electrons. The first kappa shape index (κ1) is 20.9. The molecule has 0 spiro atoms. The van der Waals surface area contributed by atoms with Gasteiger partial charge in [-0.15, -0.1) is 0 Å². The van der Waals surface area contributed by atoms with Crippen molar-refractivity contribution in [2.24, 2.45) is 0 Å². The molecule has 0 radical (unpaired) electrons. The van der Waals surface area contributed by atoms with Gasteiger partial charge >= 0.3 is 12.1 Å². The number of nitrogens with one attached hydrogen (secondary N) is 2. The zero-order valence-electron chi connectivity index (χ0n) is 14.5. The summed E-state index contributed by atoms with van der Waals surface area (Å²) in [6.45, 7) is 1.20. The fraction of sp³-hybridized carbons (Fsp3) is 0.167. The van der Waals surface area contributed by atoms with Gasteiger partial charge < -0.3 is 4.90 Å². The van der Waals surface area contributed by atoms with E-state index in [2.05, 4.69) is 0 Å². The van der Waals surface area contributed by atoms with Gasteiger partial charge in [-0.05, 0) is 24.3 Å². The number of alkyl halides is 3. The molecule has 10 heteroatoms. The number of hydrogen-bond acceptors (Lipinski definition) is 3. The highest BCUT2D eigenvalue weighted by Gasteiger charge is 2.39. The zero-order valence-corrected chi connectivity index (χ0v) is 14.5. The minimum atomic E-state index is -5.17. The van der Waals surface area contributed by atoms with Crippen molar-refractivity contribution in [3.05, 3.63) is 65.5 Å². The van der Waals surface area contributed by atoms with Crippen molar-refractivity contribution in [3.8, 4) is 0 Å². The Kier molecular flexibility index (Phi) is 6.34. The Morgan fingerprint density at radius 3 is 2.18 bits per heavy atom. The van der Waals surface area contributed by atoms with E-state index in [9.17, 15) is 31.9 Å². The third kappa shape index (κ3) is 5.29. The summed E-state index contributed by atoms with van der Waals surface area (Å²) in [5.41, 5.74) is 3.06.